The lowest BCUT2D eigenvalue weighted by Gasteiger charge is -2.10. The number of aromatic nitrogens is 2. The highest BCUT2D eigenvalue weighted by Gasteiger charge is 2.10. The van der Waals surface area contributed by atoms with Crippen molar-refractivity contribution in [2.24, 2.45) is 0 Å². The normalized spacial score (nSPS) is 12.2. The summed E-state index contributed by atoms with van der Waals surface area (Å²) >= 11 is 0. The Morgan fingerprint density at radius 1 is 1.53 bits per heavy atom. The molecule has 0 saturated heterocycles. The van der Waals surface area contributed by atoms with E-state index in [1.165, 1.54) is 0 Å². The van der Waals surface area contributed by atoms with E-state index in [4.69, 9.17) is 4.42 Å². The van der Waals surface area contributed by atoms with E-state index in [0.29, 0.717) is 0 Å². The molecule has 0 spiro atoms. The molecule has 0 bridgehead atoms. The highest BCUT2D eigenvalue weighted by molar-refractivity contribution is 5.75. The third-order valence-electron chi connectivity index (χ3n) is 2.79. The number of likely N-dealkylation sites (N-methyl/N-ethyl adjacent to an activating group) is 1. The monoisotopic (exact) mass is 262 g/mol. The Bertz CT molecular complexity index is 558. The highest BCUT2D eigenvalue weighted by Crippen LogP contribution is 2.20. The Morgan fingerprint density at radius 2 is 2.32 bits per heavy atom. The molecule has 0 aliphatic carbocycles. The van der Waals surface area contributed by atoms with Crippen LogP contribution in [0.5, 0.6) is 0 Å². The number of nitrogens with zero attached hydrogens (tertiary/aromatic N) is 2. The van der Waals surface area contributed by atoms with Crippen molar-refractivity contribution >= 4 is 11.6 Å². The molecule has 1 unspecified atom stereocenters. The molecule has 0 aliphatic heterocycles. The summed E-state index contributed by atoms with van der Waals surface area (Å²) in [6.45, 7) is 4.14. The van der Waals surface area contributed by atoms with Gasteiger partial charge in [-0.3, -0.25) is 9.48 Å². The van der Waals surface area contributed by atoms with Gasteiger partial charge in [-0.1, -0.05) is 0 Å². The van der Waals surface area contributed by atoms with Crippen molar-refractivity contribution in [2.45, 2.75) is 26.4 Å². The van der Waals surface area contributed by atoms with Crippen LogP contribution in [0.1, 0.15) is 24.5 Å². The van der Waals surface area contributed by atoms with Gasteiger partial charge < -0.3 is 15.1 Å². The number of nitrogens with one attached hydrogen (secondary N) is 2. The number of rotatable bonds is 5. The molecule has 0 fully saturated rings. The fourth-order valence-electron chi connectivity index (χ4n) is 1.76. The lowest BCUT2D eigenvalue weighted by atomic mass is 10.2. The molecule has 0 aromatic carbocycles. The van der Waals surface area contributed by atoms with Crippen LogP contribution in [0.2, 0.25) is 0 Å². The number of carbonyl (C=O) groups is 1. The molecular weight excluding hydrogens is 244 g/mol. The first-order chi connectivity index (χ1) is 9.08. The molecule has 0 aliphatic rings. The molecule has 2 N–H and O–H groups in total. The second kappa shape index (κ2) is 5.60. The largest absolute Gasteiger partial charge is 0.464 e. The summed E-state index contributed by atoms with van der Waals surface area (Å²) in [6.07, 6.45) is 3.48. The van der Waals surface area contributed by atoms with Crippen LogP contribution in [-0.4, -0.2) is 22.7 Å². The summed E-state index contributed by atoms with van der Waals surface area (Å²) in [7, 11) is 1.60. The summed E-state index contributed by atoms with van der Waals surface area (Å²) in [4.78, 5) is 11.2. The van der Waals surface area contributed by atoms with Crippen molar-refractivity contribution in [2.75, 3.05) is 12.4 Å². The number of amides is 1. The van der Waals surface area contributed by atoms with Crippen LogP contribution in [0.3, 0.4) is 0 Å². The summed E-state index contributed by atoms with van der Waals surface area (Å²) in [5, 5.41) is 9.95. The Morgan fingerprint density at radius 3 is 2.95 bits per heavy atom. The maximum atomic E-state index is 11.2. The zero-order valence-electron chi connectivity index (χ0n) is 11.3. The number of hydrogen-bond donors (Lipinski definition) is 2. The van der Waals surface area contributed by atoms with Crippen LogP contribution in [0, 0.1) is 6.92 Å². The van der Waals surface area contributed by atoms with E-state index in [-0.39, 0.29) is 18.5 Å². The quantitative estimate of drug-likeness (QED) is 0.860. The Hall–Kier alpha value is -2.24. The lowest BCUT2D eigenvalue weighted by molar-refractivity contribution is -0.121. The van der Waals surface area contributed by atoms with Crippen LogP contribution in [0.25, 0.3) is 0 Å². The minimum Gasteiger partial charge on any atom is -0.464 e. The van der Waals surface area contributed by atoms with E-state index in [2.05, 4.69) is 15.7 Å². The van der Waals surface area contributed by atoms with Crippen LogP contribution in [0.4, 0.5) is 5.69 Å². The van der Waals surface area contributed by atoms with Gasteiger partial charge in [0.25, 0.3) is 0 Å². The third kappa shape index (κ3) is 3.37. The molecule has 2 aromatic rings. The maximum absolute atomic E-state index is 11.2. The van der Waals surface area contributed by atoms with Gasteiger partial charge in [-0.05, 0) is 26.0 Å². The molecule has 102 valence electrons. The predicted octanol–water partition coefficient (Wildman–Crippen LogP) is 1.70. The van der Waals surface area contributed by atoms with Gasteiger partial charge in [-0.2, -0.15) is 5.10 Å². The standard InChI is InChI=1S/C13H18N4O2/c1-9-4-5-12(19-9)10(2)16-11-6-15-17(7-11)8-13(18)14-3/h4-7,10,16H,8H2,1-3H3,(H,14,18). The molecule has 0 radical (unpaired) electrons. The van der Waals surface area contributed by atoms with Crippen molar-refractivity contribution < 1.29 is 9.21 Å². The number of carbonyl (C=O) groups excluding carboxylic acids is 1. The zero-order valence-corrected chi connectivity index (χ0v) is 11.3. The number of hydrogen-bond acceptors (Lipinski definition) is 4. The molecule has 2 aromatic heterocycles. The van der Waals surface area contributed by atoms with Crippen LogP contribution < -0.4 is 10.6 Å². The van der Waals surface area contributed by atoms with Crippen LogP contribution in [-0.2, 0) is 11.3 Å². The van der Waals surface area contributed by atoms with E-state index in [0.717, 1.165) is 17.2 Å². The summed E-state index contributed by atoms with van der Waals surface area (Å²) in [5.41, 5.74) is 0.852. The second-order valence-electron chi connectivity index (χ2n) is 4.41. The smallest absolute Gasteiger partial charge is 0.241 e. The van der Waals surface area contributed by atoms with Gasteiger partial charge in [0.05, 0.1) is 17.9 Å². The van der Waals surface area contributed by atoms with Gasteiger partial charge in [0, 0.05) is 13.2 Å². The van der Waals surface area contributed by atoms with Crippen molar-refractivity contribution in [1.29, 1.82) is 0 Å². The predicted molar refractivity (Wildman–Crippen MR) is 71.8 cm³/mol. The van der Waals surface area contributed by atoms with E-state index in [1.54, 1.807) is 24.1 Å². The first kappa shape index (κ1) is 13.2. The number of aryl methyl sites for hydroxylation is 1. The second-order valence-corrected chi connectivity index (χ2v) is 4.41. The SMILES string of the molecule is CNC(=O)Cn1cc(NC(C)c2ccc(C)o2)cn1. The molecule has 19 heavy (non-hydrogen) atoms. The first-order valence-electron chi connectivity index (χ1n) is 6.14. The Kier molecular flexibility index (Phi) is 3.89. The topological polar surface area (TPSA) is 72.1 Å². The molecule has 1 amide bonds. The molecule has 6 nitrogen and oxygen atoms in total. The van der Waals surface area contributed by atoms with Gasteiger partial charge >= 0.3 is 0 Å². The molecule has 0 saturated carbocycles. The molecule has 2 heterocycles. The van der Waals surface area contributed by atoms with E-state index >= 15 is 0 Å². The Balaban J connectivity index is 1.98. The molecule has 2 rings (SSSR count). The number of anilines is 1. The number of furan rings is 1. The van der Waals surface area contributed by atoms with Crippen LogP contribution in [0.15, 0.2) is 28.9 Å². The zero-order chi connectivity index (χ0) is 13.8. The van der Waals surface area contributed by atoms with Gasteiger partial charge in [-0.25, -0.2) is 0 Å². The minimum atomic E-state index is -0.0793. The fraction of sp³-hybridized carbons (Fsp3) is 0.385. The van der Waals surface area contributed by atoms with Gasteiger partial charge in [0.15, 0.2) is 0 Å². The van der Waals surface area contributed by atoms with Gasteiger partial charge in [-0.15, -0.1) is 0 Å². The maximum Gasteiger partial charge on any atom is 0.241 e. The Labute approximate surface area is 111 Å². The van der Waals surface area contributed by atoms with Crippen molar-refractivity contribution in [3.63, 3.8) is 0 Å². The molecular formula is C13H18N4O2. The summed E-state index contributed by atoms with van der Waals surface area (Å²) in [5.74, 6) is 1.68. The van der Waals surface area contributed by atoms with Gasteiger partial charge in [0.1, 0.15) is 18.1 Å². The van der Waals surface area contributed by atoms with Gasteiger partial charge in [0.2, 0.25) is 5.91 Å². The minimum absolute atomic E-state index is 0.0475. The van der Waals surface area contributed by atoms with Crippen molar-refractivity contribution in [1.82, 2.24) is 15.1 Å². The lowest BCUT2D eigenvalue weighted by Crippen LogP contribution is -2.23. The highest BCUT2D eigenvalue weighted by atomic mass is 16.3. The third-order valence-corrected chi connectivity index (χ3v) is 2.79. The van der Waals surface area contributed by atoms with E-state index in [1.807, 2.05) is 26.0 Å². The molecule has 6 heteroatoms. The van der Waals surface area contributed by atoms with Crippen LogP contribution >= 0.6 is 0 Å². The summed E-state index contributed by atoms with van der Waals surface area (Å²) in [6, 6.07) is 3.93. The fourth-order valence-corrected chi connectivity index (χ4v) is 1.76. The van der Waals surface area contributed by atoms with E-state index in [9.17, 15) is 4.79 Å². The van der Waals surface area contributed by atoms with E-state index < -0.39 is 0 Å². The average molecular weight is 262 g/mol. The van der Waals surface area contributed by atoms with Crippen molar-refractivity contribution in [3.8, 4) is 0 Å². The summed E-state index contributed by atoms with van der Waals surface area (Å²) < 4.78 is 7.14. The first-order valence-corrected chi connectivity index (χ1v) is 6.14. The van der Waals surface area contributed by atoms with Crippen molar-refractivity contribution in [3.05, 3.63) is 36.0 Å². The molecule has 1 atom stereocenters. The average Bonchev–Trinajstić information content (AvgIpc) is 2.98.